The first-order valence-electron chi connectivity index (χ1n) is 14.8. The number of rotatable bonds is 9. The molecule has 2 saturated heterocycles. The number of imide groups is 1. The van der Waals surface area contributed by atoms with Crippen LogP contribution in [0.25, 0.3) is 10.8 Å². The molecule has 0 bridgehead atoms. The Hall–Kier alpha value is -4.52. The zero-order valence-corrected chi connectivity index (χ0v) is 23.6. The Bertz CT molecular complexity index is 1600. The van der Waals surface area contributed by atoms with Crippen molar-refractivity contribution in [2.24, 2.45) is 0 Å². The molecule has 1 N–H and O–H groups in total. The van der Waals surface area contributed by atoms with Gasteiger partial charge in [-0.25, -0.2) is 0 Å². The van der Waals surface area contributed by atoms with Gasteiger partial charge in [0, 0.05) is 55.9 Å². The van der Waals surface area contributed by atoms with Gasteiger partial charge in [-0.05, 0) is 60.7 Å². The van der Waals surface area contributed by atoms with Crippen molar-refractivity contribution in [2.75, 3.05) is 18.0 Å². The molecule has 0 saturated carbocycles. The van der Waals surface area contributed by atoms with Crippen LogP contribution in [0.5, 0.6) is 0 Å². The molecule has 42 heavy (non-hydrogen) atoms. The molecule has 10 heteroatoms. The molecule has 4 heterocycles. The first-order valence-corrected chi connectivity index (χ1v) is 14.8. The number of hydrogen-bond acceptors (Lipinski definition) is 6. The molecule has 4 amide bonds. The molecular formula is C32H34N6O4. The summed E-state index contributed by atoms with van der Waals surface area (Å²) in [5.74, 6) is -0.744. The molecule has 1 unspecified atom stereocenters. The molecule has 10 nitrogen and oxygen atoms in total. The second kappa shape index (κ2) is 11.8. The highest BCUT2D eigenvalue weighted by molar-refractivity contribution is 6.27. The number of anilines is 1. The number of carbonyl (C=O) groups excluding carboxylic acids is 4. The van der Waals surface area contributed by atoms with Crippen LogP contribution in [0.15, 0.2) is 42.7 Å². The minimum atomic E-state index is -0.703. The number of nitriles is 1. The van der Waals surface area contributed by atoms with E-state index in [2.05, 4.69) is 22.7 Å². The van der Waals surface area contributed by atoms with E-state index in [0.29, 0.717) is 36.9 Å². The first kappa shape index (κ1) is 27.6. The highest BCUT2D eigenvalue weighted by Gasteiger charge is 2.40. The second-order valence-electron chi connectivity index (χ2n) is 11.5. The van der Waals surface area contributed by atoms with Gasteiger partial charge in [-0.2, -0.15) is 10.4 Å². The van der Waals surface area contributed by atoms with Gasteiger partial charge in [-0.15, -0.1) is 0 Å². The van der Waals surface area contributed by atoms with Crippen LogP contribution < -0.4 is 10.2 Å². The third-order valence-electron chi connectivity index (χ3n) is 8.76. The molecule has 0 aliphatic carbocycles. The summed E-state index contributed by atoms with van der Waals surface area (Å²) >= 11 is 0. The van der Waals surface area contributed by atoms with Crippen molar-refractivity contribution in [1.82, 2.24) is 20.0 Å². The van der Waals surface area contributed by atoms with Crippen LogP contribution in [-0.2, 0) is 20.8 Å². The molecule has 0 radical (unpaired) electrons. The van der Waals surface area contributed by atoms with Gasteiger partial charge in [0.05, 0.1) is 24.0 Å². The quantitative estimate of drug-likeness (QED) is 0.308. The van der Waals surface area contributed by atoms with E-state index in [1.165, 1.54) is 0 Å². The maximum atomic E-state index is 13.4. The fourth-order valence-electron chi connectivity index (χ4n) is 6.54. The number of hydrogen-bond donors (Lipinski definition) is 1. The van der Waals surface area contributed by atoms with E-state index in [-0.39, 0.29) is 30.2 Å². The van der Waals surface area contributed by atoms with Gasteiger partial charge in [0.2, 0.25) is 17.7 Å². The summed E-state index contributed by atoms with van der Waals surface area (Å²) in [5, 5.41) is 17.5. The molecule has 3 aliphatic heterocycles. The average molecular weight is 567 g/mol. The van der Waals surface area contributed by atoms with E-state index in [0.717, 1.165) is 67.1 Å². The number of benzene rings is 2. The van der Waals surface area contributed by atoms with Crippen molar-refractivity contribution in [3.05, 3.63) is 59.4 Å². The Kier molecular flexibility index (Phi) is 7.74. The van der Waals surface area contributed by atoms with Gasteiger partial charge in [0.25, 0.3) is 5.91 Å². The Labute approximate surface area is 244 Å². The maximum absolute atomic E-state index is 13.4. The van der Waals surface area contributed by atoms with Crippen molar-refractivity contribution in [1.29, 1.82) is 5.26 Å². The number of nitrogens with one attached hydrogen (secondary N) is 1. The van der Waals surface area contributed by atoms with E-state index in [4.69, 9.17) is 5.26 Å². The summed E-state index contributed by atoms with van der Waals surface area (Å²) in [6, 6.07) is 11.3. The minimum Gasteiger partial charge on any atom is -0.343 e. The van der Waals surface area contributed by atoms with Crippen LogP contribution in [0.2, 0.25) is 0 Å². The molecule has 3 aliphatic rings. The summed E-state index contributed by atoms with van der Waals surface area (Å²) in [6.45, 7) is 1.45. The smallest absolute Gasteiger partial charge is 0.259 e. The number of amides is 4. The summed E-state index contributed by atoms with van der Waals surface area (Å²) < 4.78 is 2.02. The molecular weight excluding hydrogens is 532 g/mol. The number of unbranched alkanes of at least 4 members (excludes halogenated alkanes) is 3. The zero-order valence-electron chi connectivity index (χ0n) is 23.6. The Morgan fingerprint density at radius 3 is 2.67 bits per heavy atom. The van der Waals surface area contributed by atoms with Crippen LogP contribution in [-0.4, -0.2) is 57.4 Å². The van der Waals surface area contributed by atoms with Crippen LogP contribution in [0.3, 0.4) is 0 Å². The number of aromatic nitrogens is 2. The number of carbonyl (C=O) groups is 4. The van der Waals surface area contributed by atoms with Crippen LogP contribution >= 0.6 is 0 Å². The minimum absolute atomic E-state index is 0.202. The van der Waals surface area contributed by atoms with Crippen molar-refractivity contribution in [3.8, 4) is 6.07 Å². The maximum Gasteiger partial charge on any atom is 0.259 e. The van der Waals surface area contributed by atoms with Gasteiger partial charge in [0.1, 0.15) is 6.04 Å². The Morgan fingerprint density at radius 1 is 1.05 bits per heavy atom. The van der Waals surface area contributed by atoms with Gasteiger partial charge < -0.3 is 4.90 Å². The SMILES string of the molecule is N#CCCCCCC(=O)N1CCC(n2cc(Cc3ccc4c5c(cccc35)C(=O)N4C3CCC(=O)NC3=O)cn2)CC1. The highest BCUT2D eigenvalue weighted by atomic mass is 16.2. The lowest BCUT2D eigenvalue weighted by Crippen LogP contribution is -2.53. The van der Waals surface area contributed by atoms with Crippen LogP contribution in [0.4, 0.5) is 5.69 Å². The average Bonchev–Trinajstić information content (AvgIpc) is 3.58. The topological polar surface area (TPSA) is 128 Å². The van der Waals surface area contributed by atoms with Crippen LogP contribution in [0, 0.1) is 11.3 Å². The number of likely N-dealkylation sites (tertiary alicyclic amines) is 1. The lowest BCUT2D eigenvalue weighted by molar-refractivity contribution is -0.134. The summed E-state index contributed by atoms with van der Waals surface area (Å²) in [6.07, 6.45) is 10.6. The fourth-order valence-corrected chi connectivity index (χ4v) is 6.54. The molecule has 3 aromatic rings. The predicted molar refractivity (Wildman–Crippen MR) is 156 cm³/mol. The van der Waals surface area contributed by atoms with Gasteiger partial charge in [0.15, 0.2) is 0 Å². The van der Waals surface area contributed by atoms with E-state index >= 15 is 0 Å². The Morgan fingerprint density at radius 2 is 1.88 bits per heavy atom. The lowest BCUT2D eigenvalue weighted by Gasteiger charge is -2.32. The normalized spacial score (nSPS) is 18.9. The van der Waals surface area contributed by atoms with Gasteiger partial charge in [-0.1, -0.05) is 24.6 Å². The zero-order chi connectivity index (χ0) is 29.2. The second-order valence-corrected chi connectivity index (χ2v) is 11.5. The van der Waals surface area contributed by atoms with Crippen molar-refractivity contribution >= 4 is 40.1 Å². The summed E-state index contributed by atoms with van der Waals surface area (Å²) in [7, 11) is 0. The van der Waals surface area contributed by atoms with E-state index in [1.807, 2.05) is 40.0 Å². The van der Waals surface area contributed by atoms with Crippen molar-refractivity contribution in [3.63, 3.8) is 0 Å². The third-order valence-corrected chi connectivity index (χ3v) is 8.76. The summed E-state index contributed by atoms with van der Waals surface area (Å²) in [5.41, 5.74) is 3.43. The first-order chi connectivity index (χ1) is 20.4. The van der Waals surface area contributed by atoms with E-state index in [1.54, 1.807) is 11.0 Å². The highest BCUT2D eigenvalue weighted by Crippen LogP contribution is 2.41. The predicted octanol–water partition coefficient (Wildman–Crippen LogP) is 4.03. The lowest BCUT2D eigenvalue weighted by atomic mass is 9.97. The Balaban J connectivity index is 1.12. The molecule has 2 fully saturated rings. The molecule has 1 aromatic heterocycles. The molecule has 216 valence electrons. The largest absolute Gasteiger partial charge is 0.343 e. The standard InChI is InChI=1S/C32H34N6O4/c33-15-4-2-1-3-8-29(40)36-16-13-23(14-17-36)37-20-21(19-34-37)18-22-9-10-26-30-24(22)6-5-7-25(30)32(42)38(26)27-11-12-28(39)35-31(27)41/h5-7,9-10,19-20,23,27H,1-4,8,11-14,16-18H2,(H,35,39,41). The van der Waals surface area contributed by atoms with Gasteiger partial charge in [-0.3, -0.25) is 34.1 Å². The fraction of sp³-hybridized carbons (Fsp3) is 0.438. The van der Waals surface area contributed by atoms with Gasteiger partial charge >= 0.3 is 0 Å². The monoisotopic (exact) mass is 566 g/mol. The van der Waals surface area contributed by atoms with Crippen LogP contribution in [0.1, 0.15) is 85.3 Å². The third kappa shape index (κ3) is 5.27. The molecule has 1 atom stereocenters. The molecule has 2 aromatic carbocycles. The van der Waals surface area contributed by atoms with Crippen molar-refractivity contribution in [2.45, 2.75) is 76.3 Å². The molecule has 6 rings (SSSR count). The van der Waals surface area contributed by atoms with Crippen molar-refractivity contribution < 1.29 is 19.2 Å². The number of nitrogens with zero attached hydrogens (tertiary/aromatic N) is 5. The van der Waals surface area contributed by atoms with E-state index in [9.17, 15) is 19.2 Å². The summed E-state index contributed by atoms with van der Waals surface area (Å²) in [4.78, 5) is 53.8. The number of piperidine rings is 2. The molecule has 0 spiro atoms. The van der Waals surface area contributed by atoms with E-state index < -0.39 is 11.9 Å².